The molecule has 0 aliphatic rings. The molecule has 0 aliphatic carbocycles. The summed E-state index contributed by atoms with van der Waals surface area (Å²) in [4.78, 5) is 10.1. The standard InChI is InChI=1S/C9H10O3/c10-6-8(11)9(12)7-4-2-1-3-5-7/h1-6,8-9,11-12H/t8-,9+/m1/s1. The molecule has 1 aromatic rings. The van der Waals surface area contributed by atoms with Crippen molar-refractivity contribution in [3.8, 4) is 0 Å². The number of hydrogen-bond donors (Lipinski definition) is 2. The van der Waals surface area contributed by atoms with E-state index in [0.717, 1.165) is 0 Å². The van der Waals surface area contributed by atoms with Gasteiger partial charge in [0.1, 0.15) is 12.2 Å². The third kappa shape index (κ3) is 1.90. The van der Waals surface area contributed by atoms with Crippen LogP contribution in [0.5, 0.6) is 0 Å². The number of carbonyl (C=O) groups excluding carboxylic acids is 1. The maximum Gasteiger partial charge on any atom is 0.151 e. The molecule has 2 N–H and O–H groups in total. The van der Waals surface area contributed by atoms with Crippen molar-refractivity contribution < 1.29 is 15.0 Å². The van der Waals surface area contributed by atoms with Gasteiger partial charge >= 0.3 is 0 Å². The van der Waals surface area contributed by atoms with Crippen LogP contribution in [0.25, 0.3) is 0 Å². The molecule has 3 nitrogen and oxygen atoms in total. The molecule has 0 fully saturated rings. The zero-order valence-corrected chi connectivity index (χ0v) is 6.42. The van der Waals surface area contributed by atoms with Gasteiger partial charge in [0.05, 0.1) is 0 Å². The molecule has 12 heavy (non-hydrogen) atoms. The minimum atomic E-state index is -1.34. The van der Waals surface area contributed by atoms with Crippen molar-refractivity contribution in [1.82, 2.24) is 0 Å². The number of benzene rings is 1. The second-order valence-electron chi connectivity index (χ2n) is 2.48. The summed E-state index contributed by atoms with van der Waals surface area (Å²) in [5.74, 6) is 0. The number of aldehydes is 1. The van der Waals surface area contributed by atoms with E-state index in [1.807, 2.05) is 0 Å². The number of aliphatic hydroxyl groups is 2. The molecule has 0 aliphatic heterocycles. The topological polar surface area (TPSA) is 57.5 Å². The average molecular weight is 166 g/mol. The summed E-state index contributed by atoms with van der Waals surface area (Å²) in [6, 6.07) is 8.56. The highest BCUT2D eigenvalue weighted by Crippen LogP contribution is 2.14. The van der Waals surface area contributed by atoms with Crippen molar-refractivity contribution in [2.45, 2.75) is 12.2 Å². The molecule has 0 bridgehead atoms. The van der Waals surface area contributed by atoms with Crippen LogP contribution in [0, 0.1) is 0 Å². The van der Waals surface area contributed by atoms with Crippen LogP contribution in [0.1, 0.15) is 11.7 Å². The van der Waals surface area contributed by atoms with Crippen LogP contribution in [0.3, 0.4) is 0 Å². The highest BCUT2D eigenvalue weighted by molar-refractivity contribution is 5.57. The molecule has 0 heterocycles. The molecule has 1 aromatic carbocycles. The molecule has 0 radical (unpaired) electrons. The molecule has 0 spiro atoms. The van der Waals surface area contributed by atoms with Gasteiger partial charge in [-0.05, 0) is 5.56 Å². The normalized spacial score (nSPS) is 15.2. The van der Waals surface area contributed by atoms with Crippen molar-refractivity contribution in [2.75, 3.05) is 0 Å². The Morgan fingerprint density at radius 3 is 2.25 bits per heavy atom. The van der Waals surface area contributed by atoms with Gasteiger partial charge in [0.25, 0.3) is 0 Å². The van der Waals surface area contributed by atoms with Crippen LogP contribution in [0.2, 0.25) is 0 Å². The highest BCUT2D eigenvalue weighted by atomic mass is 16.3. The molecule has 2 atom stereocenters. The van der Waals surface area contributed by atoms with Gasteiger partial charge in [0.2, 0.25) is 0 Å². The largest absolute Gasteiger partial charge is 0.385 e. The second-order valence-corrected chi connectivity index (χ2v) is 2.48. The van der Waals surface area contributed by atoms with Crippen LogP contribution in [-0.2, 0) is 4.79 Å². The van der Waals surface area contributed by atoms with Gasteiger partial charge in [-0.25, -0.2) is 0 Å². The lowest BCUT2D eigenvalue weighted by Crippen LogP contribution is -2.19. The van der Waals surface area contributed by atoms with Crippen LogP contribution >= 0.6 is 0 Å². The third-order valence-electron chi connectivity index (χ3n) is 1.60. The summed E-state index contributed by atoms with van der Waals surface area (Å²) in [5.41, 5.74) is 0.539. The van der Waals surface area contributed by atoms with E-state index in [1.165, 1.54) is 0 Å². The van der Waals surface area contributed by atoms with Crippen molar-refractivity contribution >= 4 is 6.29 Å². The van der Waals surface area contributed by atoms with Crippen LogP contribution in [0.15, 0.2) is 30.3 Å². The molecular weight excluding hydrogens is 156 g/mol. The Kier molecular flexibility index (Phi) is 2.96. The number of aliphatic hydroxyl groups excluding tert-OH is 2. The van der Waals surface area contributed by atoms with Gasteiger partial charge in [-0.2, -0.15) is 0 Å². The quantitative estimate of drug-likeness (QED) is 0.634. The van der Waals surface area contributed by atoms with Gasteiger partial charge in [0.15, 0.2) is 6.29 Å². The zero-order valence-electron chi connectivity index (χ0n) is 6.42. The lowest BCUT2D eigenvalue weighted by Gasteiger charge is -2.11. The lowest BCUT2D eigenvalue weighted by molar-refractivity contribution is -0.120. The SMILES string of the molecule is O=C[C@@H](O)[C@@H](O)c1ccccc1. The summed E-state index contributed by atoms with van der Waals surface area (Å²) < 4.78 is 0. The van der Waals surface area contributed by atoms with Crippen LogP contribution in [-0.4, -0.2) is 22.6 Å². The van der Waals surface area contributed by atoms with E-state index >= 15 is 0 Å². The molecule has 1 rings (SSSR count). The van der Waals surface area contributed by atoms with Crippen molar-refractivity contribution in [2.24, 2.45) is 0 Å². The molecule has 0 saturated heterocycles. The maximum absolute atomic E-state index is 10.1. The van der Waals surface area contributed by atoms with Gasteiger partial charge in [-0.1, -0.05) is 30.3 Å². The lowest BCUT2D eigenvalue weighted by atomic mass is 10.1. The van der Waals surface area contributed by atoms with E-state index in [9.17, 15) is 9.90 Å². The van der Waals surface area contributed by atoms with Crippen LogP contribution in [0.4, 0.5) is 0 Å². The van der Waals surface area contributed by atoms with Crippen molar-refractivity contribution in [3.63, 3.8) is 0 Å². The smallest absolute Gasteiger partial charge is 0.151 e. The first-order valence-corrected chi connectivity index (χ1v) is 3.62. The Hall–Kier alpha value is -1.19. The fourth-order valence-electron chi connectivity index (χ4n) is 0.922. The first-order chi connectivity index (χ1) is 5.75. The fraction of sp³-hybridized carbons (Fsp3) is 0.222. The first-order valence-electron chi connectivity index (χ1n) is 3.62. The van der Waals surface area contributed by atoms with E-state index in [-0.39, 0.29) is 0 Å². The molecule has 0 unspecified atom stereocenters. The van der Waals surface area contributed by atoms with Gasteiger partial charge < -0.3 is 15.0 Å². The monoisotopic (exact) mass is 166 g/mol. The van der Waals surface area contributed by atoms with Gasteiger partial charge in [0, 0.05) is 0 Å². The van der Waals surface area contributed by atoms with Crippen molar-refractivity contribution in [3.05, 3.63) is 35.9 Å². The fourth-order valence-corrected chi connectivity index (χ4v) is 0.922. The third-order valence-corrected chi connectivity index (χ3v) is 1.60. The van der Waals surface area contributed by atoms with E-state index in [4.69, 9.17) is 5.11 Å². The highest BCUT2D eigenvalue weighted by Gasteiger charge is 2.16. The summed E-state index contributed by atoms with van der Waals surface area (Å²) in [6.45, 7) is 0. The van der Waals surface area contributed by atoms with E-state index in [1.54, 1.807) is 30.3 Å². The zero-order chi connectivity index (χ0) is 8.97. The molecule has 0 aromatic heterocycles. The van der Waals surface area contributed by atoms with Gasteiger partial charge in [-0.3, -0.25) is 0 Å². The summed E-state index contributed by atoms with van der Waals surface area (Å²) in [7, 11) is 0. The Balaban J connectivity index is 2.78. The Morgan fingerprint density at radius 1 is 1.17 bits per heavy atom. The van der Waals surface area contributed by atoms with E-state index in [0.29, 0.717) is 11.8 Å². The minimum absolute atomic E-state index is 0.317. The average Bonchev–Trinajstić information content (AvgIpc) is 2.17. The Morgan fingerprint density at radius 2 is 1.75 bits per heavy atom. The first kappa shape index (κ1) is 8.90. The number of carbonyl (C=O) groups is 1. The molecule has 64 valence electrons. The second kappa shape index (κ2) is 3.99. The Bertz CT molecular complexity index is 245. The summed E-state index contributed by atoms with van der Waals surface area (Å²) in [5, 5.41) is 18.3. The number of hydrogen-bond acceptors (Lipinski definition) is 3. The summed E-state index contributed by atoms with van der Waals surface area (Å²) >= 11 is 0. The van der Waals surface area contributed by atoms with E-state index < -0.39 is 12.2 Å². The molecule has 3 heteroatoms. The summed E-state index contributed by atoms with van der Waals surface area (Å²) in [6.07, 6.45) is -2.14. The van der Waals surface area contributed by atoms with E-state index in [2.05, 4.69) is 0 Å². The number of rotatable bonds is 3. The Labute approximate surface area is 70.3 Å². The van der Waals surface area contributed by atoms with Crippen LogP contribution < -0.4 is 0 Å². The molecule has 0 amide bonds. The molecule has 0 saturated carbocycles. The van der Waals surface area contributed by atoms with Gasteiger partial charge in [-0.15, -0.1) is 0 Å². The minimum Gasteiger partial charge on any atom is -0.385 e. The predicted molar refractivity (Wildman–Crippen MR) is 43.5 cm³/mol. The van der Waals surface area contributed by atoms with Crippen molar-refractivity contribution in [1.29, 1.82) is 0 Å². The molecular formula is C9H10O3. The maximum atomic E-state index is 10.1. The predicted octanol–water partition coefficient (Wildman–Crippen LogP) is 0.280.